The largest absolute Gasteiger partial charge is 0.357 e. The van der Waals surface area contributed by atoms with Gasteiger partial charge in [0.1, 0.15) is 17.5 Å². The van der Waals surface area contributed by atoms with E-state index >= 15 is 0 Å². The molecule has 0 spiro atoms. The maximum absolute atomic E-state index is 11.6. The van der Waals surface area contributed by atoms with Gasteiger partial charge in [-0.1, -0.05) is 0 Å². The minimum absolute atomic E-state index is 0.298. The van der Waals surface area contributed by atoms with Gasteiger partial charge in [0.05, 0.1) is 6.54 Å². The van der Waals surface area contributed by atoms with E-state index in [2.05, 4.69) is 33.6 Å². The molecule has 1 aromatic heterocycles. The monoisotopic (exact) mass is 262 g/mol. The Balaban J connectivity index is 2.27. The lowest BCUT2D eigenvalue weighted by molar-refractivity contribution is -0.118. The molecule has 0 saturated carbocycles. The molecular formula is C14H22N4O. The van der Waals surface area contributed by atoms with Gasteiger partial charge in [0, 0.05) is 32.1 Å². The Labute approximate surface area is 114 Å². The predicted molar refractivity (Wildman–Crippen MR) is 76.8 cm³/mol. The van der Waals surface area contributed by atoms with E-state index in [1.54, 1.807) is 0 Å². The van der Waals surface area contributed by atoms with Crippen LogP contribution in [0.5, 0.6) is 0 Å². The fourth-order valence-electron chi connectivity index (χ4n) is 2.44. The third-order valence-electron chi connectivity index (χ3n) is 3.47. The molecule has 1 aromatic rings. The zero-order valence-electron chi connectivity index (χ0n) is 12.0. The summed E-state index contributed by atoms with van der Waals surface area (Å²) in [5.41, 5.74) is 0. The lowest BCUT2D eigenvalue weighted by Crippen LogP contribution is -2.36. The summed E-state index contributed by atoms with van der Waals surface area (Å²) >= 11 is 0. The normalized spacial score (nSPS) is 15.7. The Bertz CT molecular complexity index is 457. The van der Waals surface area contributed by atoms with Gasteiger partial charge < -0.3 is 9.80 Å². The molecule has 0 radical (unpaired) electrons. The molecule has 0 N–H and O–H groups in total. The average molecular weight is 262 g/mol. The Morgan fingerprint density at radius 3 is 2.68 bits per heavy atom. The molecule has 0 atom stereocenters. The zero-order chi connectivity index (χ0) is 13.8. The second-order valence-electron chi connectivity index (χ2n) is 4.87. The van der Waals surface area contributed by atoms with Gasteiger partial charge in [0.15, 0.2) is 5.78 Å². The summed E-state index contributed by atoms with van der Waals surface area (Å²) in [6, 6.07) is 2.00. The Morgan fingerprint density at radius 2 is 2.05 bits per heavy atom. The highest BCUT2D eigenvalue weighted by Crippen LogP contribution is 2.21. The number of anilines is 2. The van der Waals surface area contributed by atoms with Gasteiger partial charge in [-0.2, -0.15) is 0 Å². The van der Waals surface area contributed by atoms with Crippen LogP contribution in [0.25, 0.3) is 0 Å². The van der Waals surface area contributed by atoms with E-state index < -0.39 is 0 Å². The molecule has 1 aliphatic rings. The first-order valence-electron chi connectivity index (χ1n) is 7.01. The maximum atomic E-state index is 11.6. The Kier molecular flexibility index (Phi) is 4.35. The van der Waals surface area contributed by atoms with Crippen molar-refractivity contribution in [2.45, 2.75) is 33.6 Å². The maximum Gasteiger partial charge on any atom is 0.152 e. The minimum atomic E-state index is 0.298. The summed E-state index contributed by atoms with van der Waals surface area (Å²) in [7, 11) is 0. The number of Topliss-reactive ketones (excluding diaryl/α,β-unsaturated/α-hetero) is 1. The van der Waals surface area contributed by atoms with Crippen LogP contribution >= 0.6 is 0 Å². The Hall–Kier alpha value is -1.65. The number of carbonyl (C=O) groups excluding carboxylic acids is 1. The fraction of sp³-hybridized carbons (Fsp3) is 0.643. The third-order valence-corrected chi connectivity index (χ3v) is 3.47. The fourth-order valence-corrected chi connectivity index (χ4v) is 2.44. The van der Waals surface area contributed by atoms with Crippen LogP contribution in [0.15, 0.2) is 6.07 Å². The van der Waals surface area contributed by atoms with Gasteiger partial charge in [-0.15, -0.1) is 0 Å². The number of nitrogens with zero attached hydrogens (tertiary/aromatic N) is 4. The van der Waals surface area contributed by atoms with Crippen molar-refractivity contribution in [3.05, 3.63) is 11.9 Å². The first-order valence-corrected chi connectivity index (χ1v) is 7.01. The van der Waals surface area contributed by atoms with Crippen LogP contribution < -0.4 is 9.80 Å². The molecule has 0 aliphatic carbocycles. The molecule has 0 unspecified atom stereocenters. The smallest absolute Gasteiger partial charge is 0.152 e. The van der Waals surface area contributed by atoms with Crippen LogP contribution in [0.1, 0.15) is 32.5 Å². The molecule has 2 rings (SSSR count). The first kappa shape index (κ1) is 13.8. The van der Waals surface area contributed by atoms with E-state index in [1.807, 2.05) is 13.0 Å². The lowest BCUT2D eigenvalue weighted by atomic mass is 10.1. The number of rotatable bonds is 4. The molecule has 1 aliphatic heterocycles. The number of ketones is 1. The number of piperidine rings is 1. The molecule has 2 heterocycles. The lowest BCUT2D eigenvalue weighted by Gasteiger charge is -2.28. The number of aryl methyl sites for hydroxylation is 1. The molecule has 5 heteroatoms. The van der Waals surface area contributed by atoms with Gasteiger partial charge >= 0.3 is 0 Å². The summed E-state index contributed by atoms with van der Waals surface area (Å²) in [4.78, 5) is 24.8. The van der Waals surface area contributed by atoms with Crippen molar-refractivity contribution in [1.82, 2.24) is 9.97 Å². The van der Waals surface area contributed by atoms with Crippen molar-refractivity contribution < 1.29 is 4.79 Å². The van der Waals surface area contributed by atoms with Crippen molar-refractivity contribution in [3.8, 4) is 0 Å². The first-order chi connectivity index (χ1) is 9.13. The number of aromatic nitrogens is 2. The molecule has 5 nitrogen and oxygen atoms in total. The molecule has 1 fully saturated rings. The quantitative estimate of drug-likeness (QED) is 0.828. The van der Waals surface area contributed by atoms with E-state index in [9.17, 15) is 4.79 Å². The van der Waals surface area contributed by atoms with Crippen molar-refractivity contribution in [2.75, 3.05) is 36.0 Å². The summed E-state index contributed by atoms with van der Waals surface area (Å²) in [5, 5.41) is 0. The van der Waals surface area contributed by atoms with Crippen LogP contribution in [0, 0.1) is 6.92 Å². The molecule has 0 amide bonds. The van der Waals surface area contributed by atoms with Crippen molar-refractivity contribution >= 4 is 17.4 Å². The third kappa shape index (κ3) is 3.22. The van der Waals surface area contributed by atoms with Gasteiger partial charge in [-0.25, -0.2) is 9.97 Å². The standard InChI is InChI=1S/C14H22N4O/c1-4-17(5-2)13-9-14(16-11(3)15-13)18-8-6-7-12(19)10-18/h9H,4-8,10H2,1-3H3. The second kappa shape index (κ2) is 5.99. The molecule has 1 saturated heterocycles. The van der Waals surface area contributed by atoms with Gasteiger partial charge in [0.25, 0.3) is 0 Å². The number of carbonyl (C=O) groups is 1. The molecule has 0 aromatic carbocycles. The summed E-state index contributed by atoms with van der Waals surface area (Å²) in [6.45, 7) is 9.36. The van der Waals surface area contributed by atoms with Gasteiger partial charge in [-0.3, -0.25) is 4.79 Å². The highest BCUT2D eigenvalue weighted by Gasteiger charge is 2.19. The van der Waals surface area contributed by atoms with Crippen LogP contribution in [0.3, 0.4) is 0 Å². The van der Waals surface area contributed by atoms with Gasteiger partial charge in [-0.05, 0) is 27.2 Å². The molecule has 104 valence electrons. The van der Waals surface area contributed by atoms with Crippen LogP contribution in [0.2, 0.25) is 0 Å². The van der Waals surface area contributed by atoms with Crippen molar-refractivity contribution in [2.24, 2.45) is 0 Å². The topological polar surface area (TPSA) is 49.3 Å². The number of hydrogen-bond acceptors (Lipinski definition) is 5. The second-order valence-corrected chi connectivity index (χ2v) is 4.87. The van der Waals surface area contributed by atoms with E-state index in [0.29, 0.717) is 18.7 Å². The van der Waals surface area contributed by atoms with E-state index in [0.717, 1.165) is 43.5 Å². The van der Waals surface area contributed by atoms with Crippen LogP contribution in [-0.4, -0.2) is 41.9 Å². The molecule has 19 heavy (non-hydrogen) atoms. The highest BCUT2D eigenvalue weighted by molar-refractivity contribution is 5.84. The van der Waals surface area contributed by atoms with Crippen LogP contribution in [-0.2, 0) is 4.79 Å². The average Bonchev–Trinajstić information content (AvgIpc) is 2.39. The molecular weight excluding hydrogens is 240 g/mol. The van der Waals surface area contributed by atoms with Crippen molar-refractivity contribution in [3.63, 3.8) is 0 Å². The molecule has 0 bridgehead atoms. The van der Waals surface area contributed by atoms with E-state index in [-0.39, 0.29) is 0 Å². The SMILES string of the molecule is CCN(CC)c1cc(N2CCCC(=O)C2)nc(C)n1. The Morgan fingerprint density at radius 1 is 1.32 bits per heavy atom. The summed E-state index contributed by atoms with van der Waals surface area (Å²) < 4.78 is 0. The van der Waals surface area contributed by atoms with Crippen molar-refractivity contribution in [1.29, 1.82) is 0 Å². The minimum Gasteiger partial charge on any atom is -0.357 e. The number of hydrogen-bond donors (Lipinski definition) is 0. The van der Waals surface area contributed by atoms with Gasteiger partial charge in [0.2, 0.25) is 0 Å². The highest BCUT2D eigenvalue weighted by atomic mass is 16.1. The van der Waals surface area contributed by atoms with E-state index in [4.69, 9.17) is 0 Å². The van der Waals surface area contributed by atoms with Crippen LogP contribution in [0.4, 0.5) is 11.6 Å². The summed E-state index contributed by atoms with van der Waals surface area (Å²) in [5.74, 6) is 2.89. The zero-order valence-corrected chi connectivity index (χ0v) is 12.0. The van der Waals surface area contributed by atoms with E-state index in [1.165, 1.54) is 0 Å². The summed E-state index contributed by atoms with van der Waals surface area (Å²) in [6.07, 6.45) is 1.62. The predicted octanol–water partition coefficient (Wildman–Crippen LogP) is 1.80.